The second kappa shape index (κ2) is 6.58. The number of benzene rings is 1. The molecule has 0 spiro atoms. The van der Waals surface area contributed by atoms with Crippen molar-refractivity contribution in [2.24, 2.45) is 0 Å². The number of non-ortho nitro benzene ring substituents is 1. The third-order valence-corrected chi connectivity index (χ3v) is 2.85. The summed E-state index contributed by atoms with van der Waals surface area (Å²) in [6, 6.07) is 5.57. The Morgan fingerprint density at radius 2 is 1.95 bits per heavy atom. The summed E-state index contributed by atoms with van der Waals surface area (Å²) in [4.78, 5) is 22.1. The van der Waals surface area contributed by atoms with Crippen LogP contribution in [0.3, 0.4) is 0 Å². The number of nitriles is 1. The minimum absolute atomic E-state index is 0.0319. The zero-order valence-electron chi connectivity index (χ0n) is 11.1. The molecule has 0 fully saturated rings. The van der Waals surface area contributed by atoms with Crippen molar-refractivity contribution in [3.05, 3.63) is 44.0 Å². The quantitative estimate of drug-likeness (QED) is 0.448. The van der Waals surface area contributed by atoms with Gasteiger partial charge in [0.05, 0.1) is 28.5 Å². The first-order valence-electron chi connectivity index (χ1n) is 5.89. The van der Waals surface area contributed by atoms with Gasteiger partial charge in [0.25, 0.3) is 11.4 Å². The molecule has 8 nitrogen and oxygen atoms in total. The normalized spacial score (nSPS) is 10.6. The molecular formula is C12H14N4O4. The lowest BCUT2D eigenvalue weighted by Gasteiger charge is -2.23. The molecule has 1 aromatic rings. The van der Waals surface area contributed by atoms with Gasteiger partial charge in [-0.2, -0.15) is 5.26 Å². The number of hydrogen-bond acceptors (Lipinski definition) is 6. The van der Waals surface area contributed by atoms with Crippen LogP contribution < -0.4 is 0 Å². The molecule has 0 aliphatic carbocycles. The lowest BCUT2D eigenvalue weighted by molar-refractivity contribution is -0.394. The molecule has 20 heavy (non-hydrogen) atoms. The van der Waals surface area contributed by atoms with Crippen molar-refractivity contribution in [2.45, 2.75) is 26.4 Å². The van der Waals surface area contributed by atoms with Crippen LogP contribution >= 0.6 is 0 Å². The van der Waals surface area contributed by atoms with Gasteiger partial charge in [0.2, 0.25) is 0 Å². The summed E-state index contributed by atoms with van der Waals surface area (Å²) in [7, 11) is 0. The van der Waals surface area contributed by atoms with Crippen molar-refractivity contribution in [3.63, 3.8) is 0 Å². The van der Waals surface area contributed by atoms with Crippen LogP contribution in [0.15, 0.2) is 18.2 Å². The van der Waals surface area contributed by atoms with E-state index in [1.807, 2.05) is 19.9 Å². The molecule has 0 bridgehead atoms. The van der Waals surface area contributed by atoms with E-state index >= 15 is 0 Å². The van der Waals surface area contributed by atoms with Crippen LogP contribution in [0.1, 0.15) is 19.4 Å². The summed E-state index contributed by atoms with van der Waals surface area (Å²) < 4.78 is 0. The molecule has 0 radical (unpaired) electrons. The van der Waals surface area contributed by atoms with Gasteiger partial charge in [-0.3, -0.25) is 25.1 Å². The van der Waals surface area contributed by atoms with Gasteiger partial charge in [0, 0.05) is 24.2 Å². The van der Waals surface area contributed by atoms with E-state index in [-0.39, 0.29) is 30.5 Å². The second-order valence-electron chi connectivity index (χ2n) is 4.48. The highest BCUT2D eigenvalue weighted by Crippen LogP contribution is 2.26. The fourth-order valence-corrected chi connectivity index (χ4v) is 1.70. The minimum atomic E-state index is -0.674. The van der Waals surface area contributed by atoms with Gasteiger partial charge in [-0.15, -0.1) is 0 Å². The second-order valence-corrected chi connectivity index (χ2v) is 4.48. The van der Waals surface area contributed by atoms with Crippen molar-refractivity contribution in [3.8, 4) is 6.07 Å². The summed E-state index contributed by atoms with van der Waals surface area (Å²) in [6.45, 7) is 4.06. The summed E-state index contributed by atoms with van der Waals surface area (Å²) in [6.07, 6.45) is 0. The van der Waals surface area contributed by atoms with Crippen molar-refractivity contribution in [1.29, 1.82) is 5.26 Å². The van der Waals surface area contributed by atoms with E-state index in [0.717, 1.165) is 6.07 Å². The van der Waals surface area contributed by atoms with Gasteiger partial charge >= 0.3 is 0 Å². The first-order chi connectivity index (χ1) is 9.36. The lowest BCUT2D eigenvalue weighted by Crippen LogP contribution is -2.30. The largest absolute Gasteiger partial charge is 0.284 e. The summed E-state index contributed by atoms with van der Waals surface area (Å²) in [5, 5.41) is 30.4. The van der Waals surface area contributed by atoms with Crippen LogP contribution in [0.2, 0.25) is 0 Å². The van der Waals surface area contributed by atoms with Gasteiger partial charge < -0.3 is 0 Å². The fraction of sp³-hybridized carbons (Fsp3) is 0.417. The molecular weight excluding hydrogens is 264 g/mol. The molecule has 0 N–H and O–H groups in total. The molecule has 0 saturated heterocycles. The number of hydrogen-bond donors (Lipinski definition) is 0. The molecule has 106 valence electrons. The first kappa shape index (κ1) is 15.5. The van der Waals surface area contributed by atoms with Crippen molar-refractivity contribution >= 4 is 11.4 Å². The van der Waals surface area contributed by atoms with E-state index < -0.39 is 9.85 Å². The predicted molar refractivity (Wildman–Crippen MR) is 70.9 cm³/mol. The van der Waals surface area contributed by atoms with Crippen LogP contribution in [0.5, 0.6) is 0 Å². The Hall–Kier alpha value is -2.53. The molecule has 0 aromatic heterocycles. The van der Waals surface area contributed by atoms with E-state index in [9.17, 15) is 20.2 Å². The third-order valence-electron chi connectivity index (χ3n) is 2.85. The average Bonchev–Trinajstić information content (AvgIpc) is 2.37. The highest BCUT2D eigenvalue weighted by Gasteiger charge is 2.21. The Kier molecular flexibility index (Phi) is 5.11. The van der Waals surface area contributed by atoms with Crippen LogP contribution in [-0.2, 0) is 6.54 Å². The lowest BCUT2D eigenvalue weighted by atomic mass is 10.1. The standard InChI is InChI=1S/C12H14N4O4/c1-9(2)14(6-5-13)8-10-3-4-11(15(17)18)7-12(10)16(19)20/h3-4,7,9H,6,8H2,1-2H3. The number of nitro groups is 2. The Labute approximate surface area is 115 Å². The molecule has 1 rings (SSSR count). The fourth-order valence-electron chi connectivity index (χ4n) is 1.70. The molecule has 0 aliphatic heterocycles. The van der Waals surface area contributed by atoms with Crippen molar-refractivity contribution < 1.29 is 9.85 Å². The maximum absolute atomic E-state index is 11.0. The van der Waals surface area contributed by atoms with Crippen LogP contribution in [0.4, 0.5) is 11.4 Å². The third kappa shape index (κ3) is 3.73. The predicted octanol–water partition coefficient (Wildman–Crippen LogP) is 2.24. The highest BCUT2D eigenvalue weighted by molar-refractivity contribution is 5.49. The van der Waals surface area contributed by atoms with E-state index in [0.29, 0.717) is 5.56 Å². The molecule has 0 saturated carbocycles. The molecule has 0 amide bonds. The monoisotopic (exact) mass is 278 g/mol. The molecule has 0 heterocycles. The van der Waals surface area contributed by atoms with Gasteiger partial charge in [0.15, 0.2) is 0 Å². The first-order valence-corrected chi connectivity index (χ1v) is 5.89. The zero-order chi connectivity index (χ0) is 15.3. The smallest absolute Gasteiger partial charge is 0.280 e. The van der Waals surface area contributed by atoms with E-state index in [4.69, 9.17) is 5.26 Å². The zero-order valence-corrected chi connectivity index (χ0v) is 11.1. The molecule has 8 heteroatoms. The Bertz CT molecular complexity index is 565. The summed E-state index contributed by atoms with van der Waals surface area (Å²) in [5.74, 6) is 0. The molecule has 1 aromatic carbocycles. The molecule has 0 unspecified atom stereocenters. The van der Waals surface area contributed by atoms with Crippen LogP contribution in [0.25, 0.3) is 0 Å². The van der Waals surface area contributed by atoms with Crippen molar-refractivity contribution in [2.75, 3.05) is 6.54 Å². The average molecular weight is 278 g/mol. The SMILES string of the molecule is CC(C)N(CC#N)Cc1ccc([N+](=O)[O-])cc1[N+](=O)[O-]. The number of rotatable bonds is 6. The van der Waals surface area contributed by atoms with Crippen molar-refractivity contribution in [1.82, 2.24) is 4.90 Å². The molecule has 0 aliphatic rings. The molecule has 0 atom stereocenters. The summed E-state index contributed by atoms with van der Waals surface area (Å²) >= 11 is 0. The Morgan fingerprint density at radius 1 is 1.30 bits per heavy atom. The van der Waals surface area contributed by atoms with Gasteiger partial charge in [-0.05, 0) is 19.9 Å². The van der Waals surface area contributed by atoms with Gasteiger partial charge in [0.1, 0.15) is 0 Å². The van der Waals surface area contributed by atoms with E-state index in [1.54, 1.807) is 4.90 Å². The van der Waals surface area contributed by atoms with Gasteiger partial charge in [-0.25, -0.2) is 0 Å². The topological polar surface area (TPSA) is 113 Å². The summed E-state index contributed by atoms with van der Waals surface area (Å²) in [5.41, 5.74) is -0.274. The highest BCUT2D eigenvalue weighted by atomic mass is 16.6. The maximum atomic E-state index is 11.0. The van der Waals surface area contributed by atoms with Gasteiger partial charge in [-0.1, -0.05) is 0 Å². The van der Waals surface area contributed by atoms with Crippen LogP contribution in [0, 0.1) is 31.6 Å². The Balaban J connectivity index is 3.14. The number of nitro benzene ring substituents is 2. The maximum Gasteiger partial charge on any atom is 0.280 e. The number of nitrogens with zero attached hydrogens (tertiary/aromatic N) is 4. The Morgan fingerprint density at radius 3 is 2.40 bits per heavy atom. The van der Waals surface area contributed by atoms with E-state index in [2.05, 4.69) is 0 Å². The minimum Gasteiger partial charge on any atom is -0.284 e. The van der Waals surface area contributed by atoms with Crippen LogP contribution in [-0.4, -0.2) is 27.3 Å². The van der Waals surface area contributed by atoms with E-state index in [1.165, 1.54) is 12.1 Å².